The van der Waals surface area contributed by atoms with Crippen molar-refractivity contribution in [2.24, 2.45) is 0 Å². The van der Waals surface area contributed by atoms with Gasteiger partial charge in [0.1, 0.15) is 6.33 Å². The van der Waals surface area contributed by atoms with Gasteiger partial charge < -0.3 is 14.8 Å². The van der Waals surface area contributed by atoms with Crippen LogP contribution in [0.5, 0.6) is 11.8 Å². The van der Waals surface area contributed by atoms with Gasteiger partial charge in [0.2, 0.25) is 11.8 Å². The van der Waals surface area contributed by atoms with E-state index < -0.39 is 0 Å². The average molecular weight is 249 g/mol. The van der Waals surface area contributed by atoms with Crippen LogP contribution in [0.15, 0.2) is 18.7 Å². The lowest BCUT2D eigenvalue weighted by Gasteiger charge is -2.11. The molecule has 0 aliphatic carbocycles. The van der Waals surface area contributed by atoms with Gasteiger partial charge in [0, 0.05) is 24.8 Å². The van der Waals surface area contributed by atoms with E-state index in [1.165, 1.54) is 6.33 Å². The van der Waals surface area contributed by atoms with Crippen molar-refractivity contribution >= 4 is 0 Å². The Bertz CT molecular complexity index is 464. The predicted molar refractivity (Wildman–Crippen MR) is 64.3 cm³/mol. The third-order valence-electron chi connectivity index (χ3n) is 2.44. The first-order valence-corrected chi connectivity index (χ1v) is 5.45. The lowest BCUT2D eigenvalue weighted by molar-refractivity contribution is 0.359. The van der Waals surface area contributed by atoms with Crippen molar-refractivity contribution in [3.05, 3.63) is 29.8 Å². The van der Waals surface area contributed by atoms with Gasteiger partial charge in [-0.1, -0.05) is 0 Å². The molecule has 2 aromatic rings. The van der Waals surface area contributed by atoms with Crippen LogP contribution >= 0.6 is 0 Å². The molecule has 2 heterocycles. The smallest absolute Gasteiger partial charge is 0.224 e. The molecule has 0 atom stereocenters. The Labute approximate surface area is 105 Å². The monoisotopic (exact) mass is 249 g/mol. The molecule has 0 aliphatic heterocycles. The SMILES string of the molecule is COc1ncnc(OC)c1CNCc1cn[nH]c1. The molecule has 0 fully saturated rings. The molecule has 7 nitrogen and oxygen atoms in total. The van der Waals surface area contributed by atoms with E-state index in [9.17, 15) is 0 Å². The number of nitrogens with one attached hydrogen (secondary N) is 2. The molecule has 0 unspecified atom stereocenters. The number of hydrogen-bond donors (Lipinski definition) is 2. The highest BCUT2D eigenvalue weighted by Gasteiger charge is 2.12. The molecule has 96 valence electrons. The minimum absolute atomic E-state index is 0.515. The normalized spacial score (nSPS) is 10.3. The maximum atomic E-state index is 5.19. The fourth-order valence-electron chi connectivity index (χ4n) is 1.59. The van der Waals surface area contributed by atoms with Gasteiger partial charge in [-0.05, 0) is 0 Å². The maximum absolute atomic E-state index is 5.19. The summed E-state index contributed by atoms with van der Waals surface area (Å²) >= 11 is 0. The van der Waals surface area contributed by atoms with Gasteiger partial charge in [0.05, 0.1) is 26.0 Å². The van der Waals surface area contributed by atoms with E-state index in [1.54, 1.807) is 20.4 Å². The lowest BCUT2D eigenvalue weighted by Crippen LogP contribution is -2.15. The van der Waals surface area contributed by atoms with Crippen LogP contribution in [-0.2, 0) is 13.1 Å². The molecule has 7 heteroatoms. The summed E-state index contributed by atoms with van der Waals surface area (Å²) in [6.45, 7) is 1.25. The largest absolute Gasteiger partial charge is 0.481 e. The number of aromatic nitrogens is 4. The standard InChI is InChI=1S/C11H15N5O2/c1-17-10-9(11(18-2)14-7-13-10)6-12-3-8-4-15-16-5-8/h4-5,7,12H,3,6H2,1-2H3,(H,15,16). The zero-order chi connectivity index (χ0) is 12.8. The van der Waals surface area contributed by atoms with Crippen molar-refractivity contribution in [1.82, 2.24) is 25.5 Å². The molecule has 0 aromatic carbocycles. The van der Waals surface area contributed by atoms with Gasteiger partial charge in [0.15, 0.2) is 0 Å². The lowest BCUT2D eigenvalue weighted by atomic mass is 10.3. The third-order valence-corrected chi connectivity index (χ3v) is 2.44. The second-order valence-electron chi connectivity index (χ2n) is 3.58. The van der Waals surface area contributed by atoms with Gasteiger partial charge in [-0.2, -0.15) is 5.10 Å². The van der Waals surface area contributed by atoms with Crippen molar-refractivity contribution < 1.29 is 9.47 Å². The van der Waals surface area contributed by atoms with Crippen molar-refractivity contribution in [2.75, 3.05) is 14.2 Å². The van der Waals surface area contributed by atoms with Crippen LogP contribution in [0.3, 0.4) is 0 Å². The Kier molecular flexibility index (Phi) is 4.08. The van der Waals surface area contributed by atoms with Gasteiger partial charge in [0.25, 0.3) is 0 Å². The van der Waals surface area contributed by atoms with Crippen LogP contribution in [-0.4, -0.2) is 34.4 Å². The summed E-state index contributed by atoms with van der Waals surface area (Å²) in [6.07, 6.45) is 5.02. The van der Waals surface area contributed by atoms with Gasteiger partial charge in [-0.15, -0.1) is 0 Å². The highest BCUT2D eigenvalue weighted by atomic mass is 16.5. The number of ether oxygens (including phenoxy) is 2. The number of hydrogen-bond acceptors (Lipinski definition) is 6. The second kappa shape index (κ2) is 5.97. The zero-order valence-corrected chi connectivity index (χ0v) is 10.3. The van der Waals surface area contributed by atoms with Crippen LogP contribution in [0.1, 0.15) is 11.1 Å². The van der Waals surface area contributed by atoms with E-state index in [2.05, 4.69) is 25.5 Å². The van der Waals surface area contributed by atoms with Crippen LogP contribution in [0, 0.1) is 0 Å². The Morgan fingerprint density at radius 3 is 2.44 bits per heavy atom. The molecular formula is C11H15N5O2. The highest BCUT2D eigenvalue weighted by molar-refractivity contribution is 5.34. The molecule has 0 radical (unpaired) electrons. The number of H-pyrrole nitrogens is 1. The molecule has 0 spiro atoms. The second-order valence-corrected chi connectivity index (χ2v) is 3.58. The first-order chi connectivity index (χ1) is 8.85. The zero-order valence-electron chi connectivity index (χ0n) is 10.3. The van der Waals surface area contributed by atoms with Crippen molar-refractivity contribution in [3.8, 4) is 11.8 Å². The topological polar surface area (TPSA) is 85.0 Å². The van der Waals surface area contributed by atoms with E-state index in [-0.39, 0.29) is 0 Å². The number of rotatable bonds is 6. The van der Waals surface area contributed by atoms with Crippen LogP contribution in [0.2, 0.25) is 0 Å². The van der Waals surface area contributed by atoms with E-state index in [1.807, 2.05) is 6.20 Å². The number of methoxy groups -OCH3 is 2. The van der Waals surface area contributed by atoms with Crippen molar-refractivity contribution in [2.45, 2.75) is 13.1 Å². The van der Waals surface area contributed by atoms with Crippen molar-refractivity contribution in [3.63, 3.8) is 0 Å². The van der Waals surface area contributed by atoms with Crippen LogP contribution in [0.4, 0.5) is 0 Å². The molecule has 2 N–H and O–H groups in total. The first-order valence-electron chi connectivity index (χ1n) is 5.45. The molecule has 2 aromatic heterocycles. The summed E-state index contributed by atoms with van der Waals surface area (Å²) in [5.74, 6) is 1.03. The molecular weight excluding hydrogens is 234 g/mol. The van der Waals surface area contributed by atoms with Gasteiger partial charge in [-0.25, -0.2) is 9.97 Å². The summed E-state index contributed by atoms with van der Waals surface area (Å²) in [4.78, 5) is 8.10. The molecule has 2 rings (SSSR count). The molecule has 0 bridgehead atoms. The Morgan fingerprint density at radius 1 is 1.17 bits per heavy atom. The summed E-state index contributed by atoms with van der Waals surface area (Å²) in [7, 11) is 3.14. The minimum Gasteiger partial charge on any atom is -0.481 e. The van der Waals surface area contributed by atoms with E-state index in [0.29, 0.717) is 24.8 Å². The molecule has 0 saturated heterocycles. The fourth-order valence-corrected chi connectivity index (χ4v) is 1.59. The number of nitrogens with zero attached hydrogens (tertiary/aromatic N) is 3. The molecule has 0 aliphatic rings. The Hall–Kier alpha value is -2.15. The quantitative estimate of drug-likeness (QED) is 0.775. The third kappa shape index (κ3) is 2.75. The van der Waals surface area contributed by atoms with Gasteiger partial charge >= 0.3 is 0 Å². The average Bonchev–Trinajstić information content (AvgIpc) is 2.92. The predicted octanol–water partition coefficient (Wildman–Crippen LogP) is 0.507. The summed E-state index contributed by atoms with van der Waals surface area (Å²) < 4.78 is 10.4. The Balaban J connectivity index is 2.03. The maximum Gasteiger partial charge on any atom is 0.224 e. The number of aromatic amines is 1. The highest BCUT2D eigenvalue weighted by Crippen LogP contribution is 2.22. The first kappa shape index (κ1) is 12.3. The minimum atomic E-state index is 0.515. The molecule has 18 heavy (non-hydrogen) atoms. The van der Waals surface area contributed by atoms with Gasteiger partial charge in [-0.3, -0.25) is 5.10 Å². The summed E-state index contributed by atoms with van der Waals surface area (Å²) in [6, 6.07) is 0. The summed E-state index contributed by atoms with van der Waals surface area (Å²) in [5.41, 5.74) is 1.87. The Morgan fingerprint density at radius 2 is 1.89 bits per heavy atom. The van der Waals surface area contributed by atoms with E-state index in [4.69, 9.17) is 9.47 Å². The van der Waals surface area contributed by atoms with Crippen LogP contribution in [0.25, 0.3) is 0 Å². The van der Waals surface area contributed by atoms with Crippen LogP contribution < -0.4 is 14.8 Å². The summed E-state index contributed by atoms with van der Waals surface area (Å²) in [5, 5.41) is 9.89. The fraction of sp³-hybridized carbons (Fsp3) is 0.364. The van der Waals surface area contributed by atoms with Crippen molar-refractivity contribution in [1.29, 1.82) is 0 Å². The van der Waals surface area contributed by atoms with E-state index in [0.717, 1.165) is 11.1 Å². The molecule has 0 amide bonds. The van der Waals surface area contributed by atoms with E-state index >= 15 is 0 Å². The molecule has 0 saturated carbocycles.